The van der Waals surface area contributed by atoms with Gasteiger partial charge in [0.1, 0.15) is 16.7 Å². The molecule has 10 aromatic rings. The van der Waals surface area contributed by atoms with E-state index in [2.05, 4.69) is 169 Å². The summed E-state index contributed by atoms with van der Waals surface area (Å²) in [6, 6.07) is 66.2. The highest BCUT2D eigenvalue weighted by Gasteiger charge is 2.24. The Kier molecular flexibility index (Phi) is 6.81. The lowest BCUT2D eigenvalue weighted by atomic mass is 9.97. The highest BCUT2D eigenvalue weighted by molar-refractivity contribution is 6.14. The van der Waals surface area contributed by atoms with Crippen molar-refractivity contribution in [1.29, 1.82) is 0 Å². The van der Waals surface area contributed by atoms with Gasteiger partial charge in [0.15, 0.2) is 5.58 Å². The van der Waals surface area contributed by atoms with Gasteiger partial charge in [-0.05, 0) is 82.4 Å². The Morgan fingerprint density at radius 3 is 1.59 bits per heavy atom. The highest BCUT2D eigenvalue weighted by Crippen LogP contribution is 2.48. The molecule has 0 unspecified atom stereocenters. The van der Waals surface area contributed by atoms with Crippen molar-refractivity contribution in [3.63, 3.8) is 0 Å². The minimum atomic E-state index is 0.842. The number of para-hydroxylation sites is 2. The van der Waals surface area contributed by atoms with Crippen LogP contribution in [0.4, 0.5) is 17.1 Å². The summed E-state index contributed by atoms with van der Waals surface area (Å²) in [4.78, 5) is 2.35. The molecule has 2 heterocycles. The third-order valence-corrected chi connectivity index (χ3v) is 9.88. The van der Waals surface area contributed by atoms with Gasteiger partial charge in [-0.15, -0.1) is 0 Å². The predicted octanol–water partition coefficient (Wildman–Crippen LogP) is 14.0. The molecule has 0 atom stereocenters. The largest absolute Gasteiger partial charge is 0.456 e. The molecule has 8 aromatic carbocycles. The first-order valence-electron chi connectivity index (χ1n) is 17.3. The summed E-state index contributed by atoms with van der Waals surface area (Å²) >= 11 is 0. The molecule has 3 heteroatoms. The van der Waals surface area contributed by atoms with Crippen molar-refractivity contribution in [2.75, 3.05) is 4.90 Å². The fourth-order valence-electron chi connectivity index (χ4n) is 7.42. The molecule has 0 bridgehead atoms. The molecule has 0 amide bonds. The van der Waals surface area contributed by atoms with E-state index in [0.717, 1.165) is 77.6 Å². The smallest absolute Gasteiger partial charge is 0.160 e. The fraction of sp³-hybridized carbons (Fsp3) is 0. The number of benzene rings is 8. The zero-order chi connectivity index (χ0) is 33.7. The molecular formula is C48H31NO2. The first-order chi connectivity index (χ1) is 25.3. The average molecular weight is 654 g/mol. The lowest BCUT2D eigenvalue weighted by molar-refractivity contribution is 0.669. The SMILES string of the molecule is c1ccc(-c2cccc(-c3ccc(N(c4ccc5oc6ccccc6c5c4)c4c(-c5ccccc5)ccc5c4oc4ccccc45)cc3)c2)cc1. The molecule has 10 rings (SSSR count). The zero-order valence-corrected chi connectivity index (χ0v) is 27.7. The van der Waals surface area contributed by atoms with Crippen LogP contribution in [0.5, 0.6) is 0 Å². The van der Waals surface area contributed by atoms with E-state index in [9.17, 15) is 0 Å². The summed E-state index contributed by atoms with van der Waals surface area (Å²) in [5, 5.41) is 4.33. The number of anilines is 3. The van der Waals surface area contributed by atoms with Gasteiger partial charge in [-0.3, -0.25) is 0 Å². The molecule has 0 aliphatic heterocycles. The van der Waals surface area contributed by atoms with E-state index >= 15 is 0 Å². The summed E-state index contributed by atoms with van der Waals surface area (Å²) in [6.07, 6.45) is 0. The Morgan fingerprint density at radius 1 is 0.314 bits per heavy atom. The maximum absolute atomic E-state index is 6.80. The van der Waals surface area contributed by atoms with Crippen molar-refractivity contribution in [1.82, 2.24) is 0 Å². The van der Waals surface area contributed by atoms with Crippen LogP contribution in [0.3, 0.4) is 0 Å². The van der Waals surface area contributed by atoms with Crippen molar-refractivity contribution in [2.24, 2.45) is 0 Å². The average Bonchev–Trinajstić information content (AvgIpc) is 3.77. The second kappa shape index (κ2) is 11.9. The summed E-state index contributed by atoms with van der Waals surface area (Å²) in [5.41, 5.74) is 13.4. The summed E-state index contributed by atoms with van der Waals surface area (Å²) in [7, 11) is 0. The molecule has 0 saturated heterocycles. The minimum Gasteiger partial charge on any atom is -0.456 e. The molecule has 0 spiro atoms. The fourth-order valence-corrected chi connectivity index (χ4v) is 7.42. The van der Waals surface area contributed by atoms with Crippen LogP contribution in [-0.2, 0) is 0 Å². The number of nitrogens with zero attached hydrogens (tertiary/aromatic N) is 1. The third-order valence-electron chi connectivity index (χ3n) is 9.88. The summed E-state index contributed by atoms with van der Waals surface area (Å²) < 4.78 is 13.1. The molecule has 0 aliphatic carbocycles. The maximum Gasteiger partial charge on any atom is 0.160 e. The quantitative estimate of drug-likeness (QED) is 0.179. The van der Waals surface area contributed by atoms with Crippen molar-refractivity contribution >= 4 is 60.9 Å². The van der Waals surface area contributed by atoms with Crippen LogP contribution in [0.1, 0.15) is 0 Å². The van der Waals surface area contributed by atoms with Gasteiger partial charge in [0.25, 0.3) is 0 Å². The van der Waals surface area contributed by atoms with Gasteiger partial charge in [-0.2, -0.15) is 0 Å². The maximum atomic E-state index is 6.80. The molecular weight excluding hydrogens is 623 g/mol. The van der Waals surface area contributed by atoms with Gasteiger partial charge in [0, 0.05) is 38.5 Å². The summed E-state index contributed by atoms with van der Waals surface area (Å²) in [6.45, 7) is 0. The van der Waals surface area contributed by atoms with Gasteiger partial charge in [-0.1, -0.05) is 133 Å². The molecule has 51 heavy (non-hydrogen) atoms. The van der Waals surface area contributed by atoms with Crippen molar-refractivity contribution in [3.8, 4) is 33.4 Å². The number of hydrogen-bond donors (Lipinski definition) is 0. The van der Waals surface area contributed by atoms with Crippen LogP contribution in [0.15, 0.2) is 197 Å². The molecule has 240 valence electrons. The van der Waals surface area contributed by atoms with Gasteiger partial charge in [0.05, 0.1) is 5.69 Å². The predicted molar refractivity (Wildman–Crippen MR) is 212 cm³/mol. The van der Waals surface area contributed by atoms with E-state index < -0.39 is 0 Å². The Bertz CT molecular complexity index is 2850. The Balaban J connectivity index is 1.21. The molecule has 0 fully saturated rings. The second-order valence-electron chi connectivity index (χ2n) is 12.9. The molecule has 2 aromatic heterocycles. The number of hydrogen-bond acceptors (Lipinski definition) is 3. The Labute approximate surface area is 295 Å². The number of furan rings is 2. The van der Waals surface area contributed by atoms with Gasteiger partial charge >= 0.3 is 0 Å². The van der Waals surface area contributed by atoms with Crippen LogP contribution in [0.2, 0.25) is 0 Å². The normalized spacial score (nSPS) is 11.5. The van der Waals surface area contributed by atoms with E-state index in [4.69, 9.17) is 8.83 Å². The second-order valence-corrected chi connectivity index (χ2v) is 12.9. The van der Waals surface area contributed by atoms with Crippen LogP contribution >= 0.6 is 0 Å². The van der Waals surface area contributed by atoms with Crippen LogP contribution in [0, 0.1) is 0 Å². The van der Waals surface area contributed by atoms with E-state index in [1.165, 1.54) is 16.7 Å². The first-order valence-corrected chi connectivity index (χ1v) is 17.3. The van der Waals surface area contributed by atoms with Gasteiger partial charge in [0.2, 0.25) is 0 Å². The van der Waals surface area contributed by atoms with Gasteiger partial charge < -0.3 is 13.7 Å². The molecule has 0 saturated carbocycles. The first kappa shape index (κ1) is 29.1. The Hall–Kier alpha value is -6.84. The standard InChI is InChI=1S/C48H31NO2/c1-3-12-32(13-4-1)35-16-11-17-36(30-35)33-22-24-37(25-23-33)49(38-26-29-46-43(31-38)41-19-8-9-20-44(41)50-46)47-39(34-14-5-2-6-15-34)27-28-42-40-18-7-10-21-45(40)51-48(42)47/h1-31H. The van der Waals surface area contributed by atoms with E-state index in [1.54, 1.807) is 0 Å². The lowest BCUT2D eigenvalue weighted by Gasteiger charge is -2.28. The van der Waals surface area contributed by atoms with Gasteiger partial charge in [-0.25, -0.2) is 0 Å². The highest BCUT2D eigenvalue weighted by atomic mass is 16.3. The molecule has 0 aliphatic rings. The van der Waals surface area contributed by atoms with E-state index in [-0.39, 0.29) is 0 Å². The summed E-state index contributed by atoms with van der Waals surface area (Å²) in [5.74, 6) is 0. The van der Waals surface area contributed by atoms with E-state index in [1.807, 2.05) is 24.3 Å². The topological polar surface area (TPSA) is 29.5 Å². The zero-order valence-electron chi connectivity index (χ0n) is 27.7. The molecule has 0 N–H and O–H groups in total. The Morgan fingerprint density at radius 2 is 0.863 bits per heavy atom. The van der Waals surface area contributed by atoms with Crippen molar-refractivity contribution in [3.05, 3.63) is 188 Å². The van der Waals surface area contributed by atoms with Crippen LogP contribution < -0.4 is 4.90 Å². The lowest BCUT2D eigenvalue weighted by Crippen LogP contribution is -2.11. The molecule has 3 nitrogen and oxygen atoms in total. The number of rotatable bonds is 6. The van der Waals surface area contributed by atoms with Crippen molar-refractivity contribution < 1.29 is 8.83 Å². The third kappa shape index (κ3) is 4.98. The monoisotopic (exact) mass is 653 g/mol. The van der Waals surface area contributed by atoms with Crippen LogP contribution in [0.25, 0.3) is 77.3 Å². The van der Waals surface area contributed by atoms with Crippen molar-refractivity contribution in [2.45, 2.75) is 0 Å². The molecule has 0 radical (unpaired) electrons. The number of fused-ring (bicyclic) bond motifs is 6. The van der Waals surface area contributed by atoms with Crippen LogP contribution in [-0.4, -0.2) is 0 Å². The minimum absolute atomic E-state index is 0.842. The van der Waals surface area contributed by atoms with E-state index in [0.29, 0.717) is 0 Å².